The molecule has 0 aromatic carbocycles. The molecule has 20 heteroatoms. The minimum absolute atomic E-state index is 0.117. The van der Waals surface area contributed by atoms with Crippen LogP contribution in [-0.4, -0.2) is 109 Å². The Hall–Kier alpha value is -5.53. The van der Waals surface area contributed by atoms with Crippen LogP contribution in [0.1, 0.15) is 84.8 Å². The molecule has 1 heterocycles. The Labute approximate surface area is 329 Å². The maximum Gasteiger partial charge on any atom is 0.243 e. The molecule has 1 aromatic heterocycles. The van der Waals surface area contributed by atoms with Crippen LogP contribution in [0.15, 0.2) is 29.8 Å². The van der Waals surface area contributed by atoms with Gasteiger partial charge in [-0.15, -0.1) is 0 Å². The van der Waals surface area contributed by atoms with Gasteiger partial charge in [-0.25, -0.2) is 4.98 Å². The van der Waals surface area contributed by atoms with Gasteiger partial charge in [0.25, 0.3) is 0 Å². The summed E-state index contributed by atoms with van der Waals surface area (Å²) >= 11 is 0. The maximum absolute atomic E-state index is 13.5. The second-order valence-corrected chi connectivity index (χ2v) is 14.1. The lowest BCUT2D eigenvalue weighted by atomic mass is 9.90. The Balaban J connectivity index is 0.0000149. The third kappa shape index (κ3) is 22.0. The lowest BCUT2D eigenvalue weighted by molar-refractivity contribution is -0.143. The predicted molar refractivity (Wildman–Crippen MR) is 213 cm³/mol. The van der Waals surface area contributed by atoms with Crippen LogP contribution in [0.5, 0.6) is 0 Å². The number of aromatic amines is 1. The van der Waals surface area contributed by atoms with Gasteiger partial charge in [0.05, 0.1) is 18.9 Å². The first-order chi connectivity index (χ1) is 26.4. The number of H-pyrrole nitrogens is 1. The zero-order valence-corrected chi connectivity index (χ0v) is 33.3. The summed E-state index contributed by atoms with van der Waals surface area (Å²) in [6, 6.07) is -2.58. The molecular weight excluding hydrogens is 726 g/mol. The van der Waals surface area contributed by atoms with Gasteiger partial charge in [-0.1, -0.05) is 26.8 Å². The monoisotopic (exact) mass is 792 g/mol. The van der Waals surface area contributed by atoms with Crippen molar-refractivity contribution < 1.29 is 33.6 Å². The number of imidazole rings is 1. The molecule has 3 atom stereocenters. The summed E-state index contributed by atoms with van der Waals surface area (Å²) in [6.45, 7) is 14.1. The molecule has 15 N–H and O–H groups in total. The van der Waals surface area contributed by atoms with E-state index in [2.05, 4.69) is 53.4 Å². The molecule has 6 amide bonds. The highest BCUT2D eigenvalue weighted by atomic mass is 16.2. The van der Waals surface area contributed by atoms with Gasteiger partial charge in [0.2, 0.25) is 35.4 Å². The molecule has 316 valence electrons. The van der Waals surface area contributed by atoms with Crippen molar-refractivity contribution in [3.63, 3.8) is 0 Å². The predicted octanol–water partition coefficient (Wildman–Crippen LogP) is -1.92. The fourth-order valence-corrected chi connectivity index (χ4v) is 5.10. The highest BCUT2D eigenvalue weighted by molar-refractivity contribution is 6.05. The Morgan fingerprint density at radius 1 is 0.821 bits per heavy atom. The fraction of sp³-hybridized carbons (Fsp3) is 0.639. The number of rotatable bonds is 28. The number of nitrogens with one attached hydrogen (secondary N) is 7. The van der Waals surface area contributed by atoms with Crippen molar-refractivity contribution in [1.29, 1.82) is 0 Å². The number of aromatic nitrogens is 2. The SMILES string of the molecule is C=C(N)C(CC(C)C)NC(=O)CNCCCCCNC(=O)C(CCCN=C(N)N)NC(=O)C(CCC(N)=O)NC(=O)C(C)(C)C(=O)NCCc1cnc[nH]1.C=O. The summed E-state index contributed by atoms with van der Waals surface area (Å²) in [4.78, 5) is 95.8. The maximum atomic E-state index is 13.5. The normalized spacial score (nSPS) is 12.4. The van der Waals surface area contributed by atoms with Gasteiger partial charge in [-0.05, 0) is 64.8 Å². The van der Waals surface area contributed by atoms with E-state index < -0.39 is 47.0 Å². The van der Waals surface area contributed by atoms with E-state index in [-0.39, 0.29) is 56.8 Å². The lowest BCUT2D eigenvalue weighted by Crippen LogP contribution is -2.57. The molecule has 0 saturated carbocycles. The molecule has 0 aliphatic heterocycles. The van der Waals surface area contributed by atoms with E-state index in [1.165, 1.54) is 20.2 Å². The van der Waals surface area contributed by atoms with Crippen LogP contribution < -0.4 is 54.8 Å². The average Bonchev–Trinajstić information content (AvgIpc) is 3.65. The van der Waals surface area contributed by atoms with Crippen molar-refractivity contribution in [3.05, 3.63) is 30.5 Å². The molecule has 0 aliphatic carbocycles. The number of hydrogen-bond donors (Lipinski definition) is 11. The van der Waals surface area contributed by atoms with E-state index in [1.807, 2.05) is 20.6 Å². The highest BCUT2D eigenvalue weighted by Gasteiger charge is 2.38. The van der Waals surface area contributed by atoms with E-state index in [0.717, 1.165) is 18.5 Å². The number of aliphatic imine (C=N–C) groups is 1. The molecule has 0 bridgehead atoms. The topological polar surface area (TPSA) is 337 Å². The highest BCUT2D eigenvalue weighted by Crippen LogP contribution is 2.17. The summed E-state index contributed by atoms with van der Waals surface area (Å²) in [5.41, 5.74) is 21.6. The molecule has 1 aromatic rings. The van der Waals surface area contributed by atoms with Gasteiger partial charge in [0, 0.05) is 50.1 Å². The molecule has 1 rings (SSSR count). The summed E-state index contributed by atoms with van der Waals surface area (Å²) < 4.78 is 0. The zero-order chi connectivity index (χ0) is 42.7. The number of nitrogens with two attached hydrogens (primary N) is 4. The third-order valence-electron chi connectivity index (χ3n) is 8.35. The molecule has 0 radical (unpaired) electrons. The van der Waals surface area contributed by atoms with Crippen molar-refractivity contribution in [2.24, 2.45) is 39.3 Å². The number of carbonyl (C=O) groups excluding carboxylic acids is 7. The second-order valence-electron chi connectivity index (χ2n) is 14.1. The van der Waals surface area contributed by atoms with Crippen LogP contribution in [0.4, 0.5) is 0 Å². The van der Waals surface area contributed by atoms with Crippen molar-refractivity contribution in [2.45, 2.75) is 104 Å². The van der Waals surface area contributed by atoms with Crippen molar-refractivity contribution in [1.82, 2.24) is 41.9 Å². The molecule has 0 fully saturated rings. The first-order valence-corrected chi connectivity index (χ1v) is 18.6. The minimum atomic E-state index is -1.59. The number of carbonyl (C=O) groups is 7. The molecule has 0 aliphatic rings. The minimum Gasteiger partial charge on any atom is -0.401 e. The van der Waals surface area contributed by atoms with Gasteiger partial charge < -0.3 is 64.6 Å². The summed E-state index contributed by atoms with van der Waals surface area (Å²) in [5.74, 6) is -3.16. The van der Waals surface area contributed by atoms with Crippen LogP contribution in [-0.2, 0) is 40.0 Å². The van der Waals surface area contributed by atoms with Crippen molar-refractivity contribution in [2.75, 3.05) is 32.7 Å². The largest absolute Gasteiger partial charge is 0.401 e. The van der Waals surface area contributed by atoms with Crippen LogP contribution in [0.2, 0.25) is 0 Å². The van der Waals surface area contributed by atoms with Gasteiger partial charge in [-0.3, -0.25) is 33.8 Å². The van der Waals surface area contributed by atoms with Gasteiger partial charge in [-0.2, -0.15) is 0 Å². The first kappa shape index (κ1) is 50.5. The average molecular weight is 792 g/mol. The summed E-state index contributed by atoms with van der Waals surface area (Å²) in [6.07, 6.45) is 6.54. The molecule has 3 unspecified atom stereocenters. The molecule has 20 nitrogen and oxygen atoms in total. The van der Waals surface area contributed by atoms with E-state index in [9.17, 15) is 28.8 Å². The molecular formula is C36H65N13O7. The first-order valence-electron chi connectivity index (χ1n) is 18.6. The quantitative estimate of drug-likeness (QED) is 0.0192. The third-order valence-corrected chi connectivity index (χ3v) is 8.35. The standard InChI is InChI=1S/C35H63N13O6.CH2O/c1-22(2)18-27(23(3)36)46-29(50)20-40-14-7-6-8-15-42-30(51)25(10-9-16-44-34(38)39)47-31(52)26(11-12-28(37)49)48-33(54)35(4,5)32(53)43-17-13-24-19-41-21-45-24;1-2/h19,21-22,25-27,40H,3,6-18,20,36H2,1-2,4-5H3,(H2,37,49)(H,41,45)(H,42,51)(H,43,53)(H,46,50)(H,47,52)(H,48,54)(H4,38,39,44);1H2. The molecule has 0 saturated heterocycles. The Morgan fingerprint density at radius 2 is 1.48 bits per heavy atom. The van der Waals surface area contributed by atoms with Crippen LogP contribution in [0.3, 0.4) is 0 Å². The summed E-state index contributed by atoms with van der Waals surface area (Å²) in [5, 5.41) is 16.8. The Morgan fingerprint density at radius 3 is 2.07 bits per heavy atom. The smallest absolute Gasteiger partial charge is 0.243 e. The van der Waals surface area contributed by atoms with E-state index in [4.69, 9.17) is 27.7 Å². The van der Waals surface area contributed by atoms with Crippen LogP contribution in [0, 0.1) is 11.3 Å². The van der Waals surface area contributed by atoms with Crippen molar-refractivity contribution in [3.8, 4) is 0 Å². The Bertz CT molecular complexity index is 1410. The van der Waals surface area contributed by atoms with E-state index in [1.54, 1.807) is 6.20 Å². The fourth-order valence-electron chi connectivity index (χ4n) is 5.10. The van der Waals surface area contributed by atoms with Crippen LogP contribution in [0.25, 0.3) is 0 Å². The summed E-state index contributed by atoms with van der Waals surface area (Å²) in [7, 11) is 0. The molecule has 0 spiro atoms. The number of guanidine groups is 1. The van der Waals surface area contributed by atoms with E-state index in [0.29, 0.717) is 50.4 Å². The number of nitrogens with zero attached hydrogens (tertiary/aromatic N) is 2. The number of primary amides is 1. The zero-order valence-electron chi connectivity index (χ0n) is 33.3. The van der Waals surface area contributed by atoms with Crippen LogP contribution >= 0.6 is 0 Å². The number of unbranched alkanes of at least 4 members (excludes halogenated alkanes) is 2. The second kappa shape index (κ2) is 28.0. The van der Waals surface area contributed by atoms with Gasteiger partial charge >= 0.3 is 0 Å². The van der Waals surface area contributed by atoms with Gasteiger partial charge in [0.1, 0.15) is 24.3 Å². The molecule has 56 heavy (non-hydrogen) atoms. The number of amides is 6. The van der Waals surface area contributed by atoms with Crippen molar-refractivity contribution >= 4 is 48.2 Å². The number of hydrogen-bond acceptors (Lipinski definition) is 11. The Kier molecular flexibility index (Phi) is 25.2. The van der Waals surface area contributed by atoms with Gasteiger partial charge in [0.15, 0.2) is 5.96 Å². The lowest BCUT2D eigenvalue weighted by Gasteiger charge is -2.27. The van der Waals surface area contributed by atoms with E-state index >= 15 is 0 Å².